The molecule has 0 saturated heterocycles. The maximum atomic E-state index is 13.0. The summed E-state index contributed by atoms with van der Waals surface area (Å²) in [5, 5.41) is 7.94. The molecule has 0 bridgehead atoms. The largest absolute Gasteiger partial charge is 0.497 e. The second-order valence-electron chi connectivity index (χ2n) is 8.58. The topological polar surface area (TPSA) is 68.6 Å². The van der Waals surface area contributed by atoms with Gasteiger partial charge in [0, 0.05) is 18.2 Å². The highest BCUT2D eigenvalue weighted by atomic mass is 16.5. The Kier molecular flexibility index (Phi) is 6.87. The van der Waals surface area contributed by atoms with Gasteiger partial charge in [-0.3, -0.25) is 0 Å². The van der Waals surface area contributed by atoms with Gasteiger partial charge in [0.15, 0.2) is 0 Å². The number of amides is 2. The quantitative estimate of drug-likeness (QED) is 0.481. The molecule has 0 atom stereocenters. The van der Waals surface area contributed by atoms with Crippen LogP contribution in [0.1, 0.15) is 44.9 Å². The fourth-order valence-electron chi connectivity index (χ4n) is 3.80. The molecule has 3 aromatic rings. The molecular weight excluding hydrogens is 416 g/mol. The molecule has 2 aromatic carbocycles. The number of carbonyl (C=O) groups is 1. The fraction of sp³-hybridized carbons (Fsp3) is 0.385. The monoisotopic (exact) mass is 448 g/mol. The number of benzene rings is 2. The number of para-hydroxylation sites is 1. The standard InChI is InChI=1S/C26H32N4O3/c1-5-24-23(17-29(19-14-15-19)26(31)27-18(2)3)25(30(28-24)20-10-7-6-8-11-20)33-22-13-9-12-21(16-22)32-4/h6-13,16,18-19H,5,14-15,17H2,1-4H3,(H,27,31). The first-order chi connectivity index (χ1) is 16.0. The van der Waals surface area contributed by atoms with Crippen molar-refractivity contribution >= 4 is 6.03 Å². The van der Waals surface area contributed by atoms with Crippen LogP contribution in [0, 0.1) is 0 Å². The van der Waals surface area contributed by atoms with E-state index in [9.17, 15) is 4.79 Å². The maximum Gasteiger partial charge on any atom is 0.318 e. The average Bonchev–Trinajstić information content (AvgIpc) is 3.60. The minimum atomic E-state index is -0.0469. The van der Waals surface area contributed by atoms with Crippen molar-refractivity contribution in [3.05, 3.63) is 65.9 Å². The molecule has 0 aliphatic heterocycles. The van der Waals surface area contributed by atoms with E-state index in [0.29, 0.717) is 23.9 Å². The van der Waals surface area contributed by atoms with Crippen molar-refractivity contribution < 1.29 is 14.3 Å². The van der Waals surface area contributed by atoms with Gasteiger partial charge in [-0.15, -0.1) is 0 Å². The molecule has 0 radical (unpaired) electrons. The van der Waals surface area contributed by atoms with Crippen molar-refractivity contribution in [2.45, 2.75) is 58.7 Å². The lowest BCUT2D eigenvalue weighted by Gasteiger charge is -2.24. The summed E-state index contributed by atoms with van der Waals surface area (Å²) in [4.78, 5) is 14.9. The molecule has 7 nitrogen and oxygen atoms in total. The Hall–Kier alpha value is -3.48. The van der Waals surface area contributed by atoms with Gasteiger partial charge < -0.3 is 19.7 Å². The van der Waals surface area contributed by atoms with Gasteiger partial charge in [0.05, 0.1) is 30.6 Å². The van der Waals surface area contributed by atoms with Gasteiger partial charge in [-0.05, 0) is 57.4 Å². The third kappa shape index (κ3) is 5.30. The minimum absolute atomic E-state index is 0.0469. The van der Waals surface area contributed by atoms with Crippen LogP contribution in [-0.2, 0) is 13.0 Å². The molecule has 1 saturated carbocycles. The number of carbonyl (C=O) groups excluding carboxylic acids is 1. The summed E-state index contributed by atoms with van der Waals surface area (Å²) in [5.74, 6) is 1.99. The average molecular weight is 449 g/mol. The summed E-state index contributed by atoms with van der Waals surface area (Å²) in [6, 6.07) is 17.7. The van der Waals surface area contributed by atoms with Crippen molar-refractivity contribution in [3.8, 4) is 23.1 Å². The number of aromatic nitrogens is 2. The number of aryl methyl sites for hydroxylation is 1. The molecule has 1 aliphatic rings. The Balaban J connectivity index is 1.77. The van der Waals surface area contributed by atoms with Crippen LogP contribution >= 0.6 is 0 Å². The lowest BCUT2D eigenvalue weighted by molar-refractivity contribution is 0.188. The Bertz CT molecular complexity index is 1090. The highest BCUT2D eigenvalue weighted by molar-refractivity contribution is 5.75. The number of ether oxygens (including phenoxy) is 2. The summed E-state index contributed by atoms with van der Waals surface area (Å²) in [7, 11) is 1.63. The van der Waals surface area contributed by atoms with E-state index >= 15 is 0 Å². The number of hydrogen-bond acceptors (Lipinski definition) is 4. The smallest absolute Gasteiger partial charge is 0.318 e. The molecular formula is C26H32N4O3. The van der Waals surface area contributed by atoms with E-state index in [4.69, 9.17) is 14.6 Å². The first-order valence-electron chi connectivity index (χ1n) is 11.5. The van der Waals surface area contributed by atoms with E-state index in [1.54, 1.807) is 7.11 Å². The van der Waals surface area contributed by atoms with E-state index < -0.39 is 0 Å². The molecule has 0 unspecified atom stereocenters. The summed E-state index contributed by atoms with van der Waals surface area (Å²) in [6.45, 7) is 6.47. The van der Waals surface area contributed by atoms with Crippen LogP contribution in [0.4, 0.5) is 4.79 Å². The van der Waals surface area contributed by atoms with Crippen LogP contribution in [0.3, 0.4) is 0 Å². The summed E-state index contributed by atoms with van der Waals surface area (Å²) < 4.78 is 13.6. The molecule has 1 N–H and O–H groups in total. The number of nitrogens with zero attached hydrogens (tertiary/aromatic N) is 3. The number of methoxy groups -OCH3 is 1. The van der Waals surface area contributed by atoms with Gasteiger partial charge in [-0.2, -0.15) is 5.10 Å². The normalized spacial score (nSPS) is 13.1. The van der Waals surface area contributed by atoms with E-state index in [0.717, 1.165) is 36.2 Å². The number of rotatable bonds is 9. The lowest BCUT2D eigenvalue weighted by atomic mass is 10.2. The molecule has 1 heterocycles. The number of urea groups is 1. The van der Waals surface area contributed by atoms with Crippen molar-refractivity contribution in [2.75, 3.05) is 7.11 Å². The van der Waals surface area contributed by atoms with Crippen LogP contribution in [0.2, 0.25) is 0 Å². The number of hydrogen-bond donors (Lipinski definition) is 1. The van der Waals surface area contributed by atoms with E-state index in [2.05, 4.69) is 12.2 Å². The van der Waals surface area contributed by atoms with Crippen molar-refractivity contribution in [2.24, 2.45) is 0 Å². The SMILES string of the molecule is CCc1nn(-c2ccccc2)c(Oc2cccc(OC)c2)c1CN(C(=O)NC(C)C)C1CC1. The fourth-order valence-corrected chi connectivity index (χ4v) is 3.80. The van der Waals surface area contributed by atoms with Gasteiger partial charge in [0.2, 0.25) is 5.88 Å². The summed E-state index contributed by atoms with van der Waals surface area (Å²) >= 11 is 0. The summed E-state index contributed by atoms with van der Waals surface area (Å²) in [5.41, 5.74) is 2.75. The molecule has 0 spiro atoms. The Morgan fingerprint density at radius 3 is 2.52 bits per heavy atom. The third-order valence-corrected chi connectivity index (χ3v) is 5.60. The maximum absolute atomic E-state index is 13.0. The minimum Gasteiger partial charge on any atom is -0.497 e. The highest BCUT2D eigenvalue weighted by Gasteiger charge is 2.35. The summed E-state index contributed by atoms with van der Waals surface area (Å²) in [6.07, 6.45) is 2.77. The second kappa shape index (κ2) is 9.98. The van der Waals surface area contributed by atoms with Crippen LogP contribution in [-0.4, -0.2) is 39.9 Å². The van der Waals surface area contributed by atoms with Crippen LogP contribution < -0.4 is 14.8 Å². The van der Waals surface area contributed by atoms with Crippen LogP contribution in [0.5, 0.6) is 17.4 Å². The zero-order chi connectivity index (χ0) is 23.4. The first-order valence-corrected chi connectivity index (χ1v) is 11.5. The van der Waals surface area contributed by atoms with Crippen molar-refractivity contribution in [1.82, 2.24) is 20.0 Å². The van der Waals surface area contributed by atoms with E-state index in [1.165, 1.54) is 0 Å². The van der Waals surface area contributed by atoms with Gasteiger partial charge in [-0.1, -0.05) is 31.2 Å². The van der Waals surface area contributed by atoms with Crippen molar-refractivity contribution in [3.63, 3.8) is 0 Å². The molecule has 1 aromatic heterocycles. The lowest BCUT2D eigenvalue weighted by Crippen LogP contribution is -2.43. The van der Waals surface area contributed by atoms with E-state index in [-0.39, 0.29) is 18.1 Å². The van der Waals surface area contributed by atoms with Gasteiger partial charge in [-0.25, -0.2) is 9.48 Å². The first kappa shape index (κ1) is 22.7. The molecule has 1 aliphatic carbocycles. The highest BCUT2D eigenvalue weighted by Crippen LogP contribution is 2.36. The van der Waals surface area contributed by atoms with Crippen LogP contribution in [0.25, 0.3) is 5.69 Å². The Morgan fingerprint density at radius 2 is 1.88 bits per heavy atom. The van der Waals surface area contributed by atoms with E-state index in [1.807, 2.05) is 78.0 Å². The second-order valence-corrected chi connectivity index (χ2v) is 8.58. The molecule has 2 amide bonds. The molecule has 174 valence electrons. The van der Waals surface area contributed by atoms with Crippen molar-refractivity contribution in [1.29, 1.82) is 0 Å². The molecule has 7 heteroatoms. The zero-order valence-electron chi connectivity index (χ0n) is 19.7. The van der Waals surface area contributed by atoms with Gasteiger partial charge in [0.25, 0.3) is 0 Å². The number of nitrogens with one attached hydrogen (secondary N) is 1. The third-order valence-electron chi connectivity index (χ3n) is 5.60. The predicted octanol–water partition coefficient (Wildman–Crippen LogP) is 5.32. The molecule has 1 fully saturated rings. The zero-order valence-corrected chi connectivity index (χ0v) is 19.7. The Morgan fingerprint density at radius 1 is 1.15 bits per heavy atom. The van der Waals surface area contributed by atoms with Gasteiger partial charge >= 0.3 is 6.03 Å². The Labute approximate surface area is 195 Å². The van der Waals surface area contributed by atoms with Gasteiger partial charge in [0.1, 0.15) is 11.5 Å². The molecule has 4 rings (SSSR count). The predicted molar refractivity (Wildman–Crippen MR) is 128 cm³/mol. The van der Waals surface area contributed by atoms with Crippen LogP contribution in [0.15, 0.2) is 54.6 Å². The molecule has 33 heavy (non-hydrogen) atoms.